The number of rotatable bonds is 7. The summed E-state index contributed by atoms with van der Waals surface area (Å²) in [4.78, 5) is 0. The zero-order chi connectivity index (χ0) is 15.5. The second kappa shape index (κ2) is 20.5. The van der Waals surface area contributed by atoms with Gasteiger partial charge in [0.25, 0.3) is 0 Å². The molecule has 0 amide bonds. The third kappa shape index (κ3) is 19.5. The average molecular weight is 280 g/mol. The van der Waals surface area contributed by atoms with Crippen LogP contribution >= 0.6 is 0 Å². The molecule has 0 aliphatic carbocycles. The van der Waals surface area contributed by atoms with Crippen LogP contribution in [0, 0.1) is 0 Å². The minimum absolute atomic E-state index is 1.06. The molecule has 20 heavy (non-hydrogen) atoms. The van der Waals surface area contributed by atoms with Gasteiger partial charge in [-0.05, 0) is 45.1 Å². The van der Waals surface area contributed by atoms with E-state index in [4.69, 9.17) is 0 Å². The lowest BCUT2D eigenvalue weighted by Gasteiger charge is -1.97. The molecule has 2 N–H and O–H groups in total. The van der Waals surface area contributed by atoms with Gasteiger partial charge in [0.15, 0.2) is 0 Å². The number of hydrogen-bond donors (Lipinski definition) is 2. The van der Waals surface area contributed by atoms with E-state index in [9.17, 15) is 0 Å². The molecule has 118 valence electrons. The maximum absolute atomic E-state index is 3.25. The largest absolute Gasteiger partial charge is 0.319 e. The summed E-state index contributed by atoms with van der Waals surface area (Å²) < 4.78 is 0. The van der Waals surface area contributed by atoms with Crippen molar-refractivity contribution in [2.24, 2.45) is 0 Å². The Labute approximate surface area is 127 Å². The van der Waals surface area contributed by atoms with Crippen LogP contribution < -0.4 is 10.6 Å². The zero-order valence-corrected chi connectivity index (χ0v) is 14.3. The van der Waals surface area contributed by atoms with Crippen molar-refractivity contribution in [3.8, 4) is 0 Å². The fourth-order valence-corrected chi connectivity index (χ4v) is 1.39. The van der Waals surface area contributed by atoms with Crippen LogP contribution in [-0.4, -0.2) is 26.7 Å². The second-order valence-electron chi connectivity index (χ2n) is 4.75. The first-order valence-electron chi connectivity index (χ1n) is 8.15. The molecular formula is C18H36N2. The van der Waals surface area contributed by atoms with Crippen molar-refractivity contribution in [2.75, 3.05) is 26.7 Å². The van der Waals surface area contributed by atoms with Gasteiger partial charge >= 0.3 is 0 Å². The van der Waals surface area contributed by atoms with Crippen molar-refractivity contribution in [1.82, 2.24) is 10.6 Å². The van der Waals surface area contributed by atoms with Gasteiger partial charge in [-0.15, -0.1) is 0 Å². The van der Waals surface area contributed by atoms with Crippen molar-refractivity contribution >= 4 is 0 Å². The molecule has 0 saturated heterocycles. The van der Waals surface area contributed by atoms with Crippen LogP contribution in [0.25, 0.3) is 0 Å². The zero-order valence-electron chi connectivity index (χ0n) is 14.3. The van der Waals surface area contributed by atoms with Crippen molar-refractivity contribution in [2.45, 2.75) is 53.4 Å². The van der Waals surface area contributed by atoms with Gasteiger partial charge in [0.1, 0.15) is 0 Å². The molecule has 1 rings (SSSR count). The Morgan fingerprint density at radius 3 is 1.95 bits per heavy atom. The van der Waals surface area contributed by atoms with Crippen molar-refractivity contribution in [3.05, 3.63) is 35.9 Å². The summed E-state index contributed by atoms with van der Waals surface area (Å²) in [5, 5.41) is 6.37. The van der Waals surface area contributed by atoms with E-state index in [0.717, 1.165) is 19.5 Å². The molecule has 1 aromatic carbocycles. The Balaban J connectivity index is 0. The van der Waals surface area contributed by atoms with Crippen LogP contribution in [0.1, 0.15) is 52.5 Å². The summed E-state index contributed by atoms with van der Waals surface area (Å²) >= 11 is 0. The molecule has 0 atom stereocenters. The minimum atomic E-state index is 1.06. The third-order valence-electron chi connectivity index (χ3n) is 2.46. The molecular weight excluding hydrogens is 244 g/mol. The SMILES string of the molecule is CCC.CCCCNCC.CNCCc1ccccc1. The number of likely N-dealkylation sites (N-methyl/N-ethyl adjacent to an activating group) is 1. The highest BCUT2D eigenvalue weighted by Crippen LogP contribution is 1.97. The van der Waals surface area contributed by atoms with E-state index in [-0.39, 0.29) is 0 Å². The lowest BCUT2D eigenvalue weighted by molar-refractivity contribution is 0.663. The van der Waals surface area contributed by atoms with Gasteiger partial charge in [0.05, 0.1) is 0 Å². The maximum atomic E-state index is 3.25. The highest BCUT2D eigenvalue weighted by atomic mass is 14.8. The van der Waals surface area contributed by atoms with E-state index in [1.54, 1.807) is 0 Å². The summed E-state index contributed by atoms with van der Waals surface area (Å²) in [6.45, 7) is 11.9. The summed E-state index contributed by atoms with van der Waals surface area (Å²) in [6.07, 6.45) is 4.98. The molecule has 0 saturated carbocycles. The molecule has 2 nitrogen and oxygen atoms in total. The fourth-order valence-electron chi connectivity index (χ4n) is 1.39. The predicted octanol–water partition coefficient (Wildman–Crippen LogP) is 4.26. The number of hydrogen-bond acceptors (Lipinski definition) is 2. The maximum Gasteiger partial charge on any atom is -0.00114 e. The molecule has 0 unspecified atom stereocenters. The molecule has 0 aliphatic heterocycles. The third-order valence-corrected chi connectivity index (χ3v) is 2.46. The lowest BCUT2D eigenvalue weighted by Crippen LogP contribution is -2.13. The van der Waals surface area contributed by atoms with Crippen molar-refractivity contribution in [1.29, 1.82) is 0 Å². The van der Waals surface area contributed by atoms with E-state index in [1.807, 2.05) is 13.1 Å². The van der Waals surface area contributed by atoms with Crippen LogP contribution in [-0.2, 0) is 6.42 Å². The standard InChI is InChI=1S/C9H13N.C6H15N.C3H8/c1-10-8-7-9-5-3-2-4-6-9;1-3-5-6-7-4-2;1-3-2/h2-6,10H,7-8H2,1H3;7H,3-6H2,1-2H3;3H2,1-2H3. The summed E-state index contributed by atoms with van der Waals surface area (Å²) in [5.41, 5.74) is 1.40. The fraction of sp³-hybridized carbons (Fsp3) is 0.667. The smallest absolute Gasteiger partial charge is 0.00114 e. The van der Waals surface area contributed by atoms with Gasteiger partial charge in [0, 0.05) is 0 Å². The first-order chi connectivity index (χ1) is 9.76. The van der Waals surface area contributed by atoms with Crippen LogP contribution in [0.2, 0.25) is 0 Å². The number of nitrogens with one attached hydrogen (secondary N) is 2. The molecule has 0 bridgehead atoms. The molecule has 0 spiro atoms. The van der Waals surface area contributed by atoms with Crippen molar-refractivity contribution < 1.29 is 0 Å². The van der Waals surface area contributed by atoms with Gasteiger partial charge in [0.2, 0.25) is 0 Å². The molecule has 0 fully saturated rings. The normalized spacial score (nSPS) is 9.05. The Kier molecular flexibility index (Phi) is 21.9. The summed E-state index contributed by atoms with van der Waals surface area (Å²) in [5.74, 6) is 0. The topological polar surface area (TPSA) is 24.1 Å². The van der Waals surface area contributed by atoms with E-state index in [2.05, 4.69) is 62.6 Å². The highest BCUT2D eigenvalue weighted by Gasteiger charge is 1.86. The number of unbranched alkanes of at least 4 members (excludes halogenated alkanes) is 1. The van der Waals surface area contributed by atoms with E-state index >= 15 is 0 Å². The quantitative estimate of drug-likeness (QED) is 0.729. The Bertz CT molecular complexity index is 243. The second-order valence-corrected chi connectivity index (χ2v) is 4.75. The average Bonchev–Trinajstić information content (AvgIpc) is 2.48. The summed E-state index contributed by atoms with van der Waals surface area (Å²) in [6, 6.07) is 10.5. The first kappa shape index (κ1) is 21.4. The lowest BCUT2D eigenvalue weighted by atomic mass is 10.2. The molecule has 2 heteroatoms. The summed E-state index contributed by atoms with van der Waals surface area (Å²) in [7, 11) is 1.98. The minimum Gasteiger partial charge on any atom is -0.319 e. The predicted molar refractivity (Wildman–Crippen MR) is 93.5 cm³/mol. The van der Waals surface area contributed by atoms with Crippen LogP contribution in [0.5, 0.6) is 0 Å². The van der Waals surface area contributed by atoms with E-state index in [0.29, 0.717) is 0 Å². The van der Waals surface area contributed by atoms with Gasteiger partial charge in [-0.25, -0.2) is 0 Å². The van der Waals surface area contributed by atoms with Crippen LogP contribution in [0.15, 0.2) is 30.3 Å². The van der Waals surface area contributed by atoms with Gasteiger partial charge in [-0.2, -0.15) is 0 Å². The Morgan fingerprint density at radius 2 is 1.50 bits per heavy atom. The van der Waals surface area contributed by atoms with E-state index < -0.39 is 0 Å². The molecule has 0 heterocycles. The highest BCUT2D eigenvalue weighted by molar-refractivity contribution is 5.14. The van der Waals surface area contributed by atoms with Gasteiger partial charge in [-0.1, -0.05) is 70.9 Å². The molecule has 0 aromatic heterocycles. The van der Waals surface area contributed by atoms with E-state index in [1.165, 1.54) is 31.4 Å². The molecule has 0 radical (unpaired) electrons. The van der Waals surface area contributed by atoms with Crippen molar-refractivity contribution in [3.63, 3.8) is 0 Å². The molecule has 1 aromatic rings. The monoisotopic (exact) mass is 280 g/mol. The van der Waals surface area contributed by atoms with Gasteiger partial charge < -0.3 is 10.6 Å². The molecule has 0 aliphatic rings. The first-order valence-corrected chi connectivity index (χ1v) is 8.15. The van der Waals surface area contributed by atoms with Gasteiger partial charge in [-0.3, -0.25) is 0 Å². The Morgan fingerprint density at radius 1 is 0.900 bits per heavy atom. The number of benzene rings is 1. The van der Waals surface area contributed by atoms with Crippen LogP contribution in [0.4, 0.5) is 0 Å². The van der Waals surface area contributed by atoms with Crippen LogP contribution in [0.3, 0.4) is 0 Å². The Hall–Kier alpha value is -0.860.